The highest BCUT2D eigenvalue weighted by atomic mass is 127. The summed E-state index contributed by atoms with van der Waals surface area (Å²) in [5.41, 5.74) is 1.21. The third-order valence-electron chi connectivity index (χ3n) is 2.77. The van der Waals surface area contributed by atoms with E-state index in [0.29, 0.717) is 13.0 Å². The average Bonchev–Trinajstić information content (AvgIpc) is 2.36. The Balaban J connectivity index is 2.74. The second-order valence-corrected chi connectivity index (χ2v) is 5.42. The topological polar surface area (TPSA) is 20.3 Å². The Labute approximate surface area is 123 Å². The molecule has 0 aliphatic carbocycles. The number of carbonyl (C=O) groups excluding carboxylic acids is 1. The van der Waals surface area contributed by atoms with E-state index in [1.165, 1.54) is 9.13 Å². The predicted octanol–water partition coefficient (Wildman–Crippen LogP) is 4.00. The van der Waals surface area contributed by atoms with Gasteiger partial charge in [0.05, 0.1) is 0 Å². The third-order valence-corrected chi connectivity index (χ3v) is 3.82. The minimum absolute atomic E-state index is 0.165. The lowest BCUT2D eigenvalue weighted by atomic mass is 10.2. The number of nitrogens with zero attached hydrogens (tertiary/aromatic N) is 1. The minimum Gasteiger partial charge on any atom is -0.338 e. The van der Waals surface area contributed by atoms with Crippen LogP contribution in [-0.2, 0) is 11.3 Å². The molecule has 0 aromatic heterocycles. The number of unbranched alkanes of at least 4 members (excludes halogenated alkanes) is 1. The largest absolute Gasteiger partial charge is 0.338 e. The fraction of sp³-hybridized carbons (Fsp3) is 0.400. The lowest BCUT2D eigenvalue weighted by molar-refractivity contribution is -0.131. The van der Waals surface area contributed by atoms with E-state index in [1.54, 1.807) is 6.08 Å². The van der Waals surface area contributed by atoms with Crippen LogP contribution in [0.1, 0.15) is 31.7 Å². The molecule has 1 aromatic rings. The summed E-state index contributed by atoms with van der Waals surface area (Å²) in [5.74, 6) is 0.165. The van der Waals surface area contributed by atoms with Gasteiger partial charge in [-0.3, -0.25) is 4.79 Å². The van der Waals surface area contributed by atoms with Gasteiger partial charge in [0.1, 0.15) is 0 Å². The first-order chi connectivity index (χ1) is 8.69. The van der Waals surface area contributed by atoms with Crippen LogP contribution in [0.3, 0.4) is 0 Å². The number of hydrogen-bond donors (Lipinski definition) is 0. The number of benzene rings is 1. The molecule has 0 radical (unpaired) electrons. The van der Waals surface area contributed by atoms with E-state index in [0.717, 1.165) is 19.4 Å². The van der Waals surface area contributed by atoms with Gasteiger partial charge in [-0.1, -0.05) is 37.6 Å². The molecule has 0 aliphatic heterocycles. The highest BCUT2D eigenvalue weighted by Crippen LogP contribution is 2.15. The minimum atomic E-state index is 0.165. The van der Waals surface area contributed by atoms with Gasteiger partial charge in [-0.25, -0.2) is 0 Å². The molecule has 0 heterocycles. The second kappa shape index (κ2) is 8.29. The zero-order valence-electron chi connectivity index (χ0n) is 10.9. The molecule has 0 atom stereocenters. The number of halogens is 1. The fourth-order valence-corrected chi connectivity index (χ4v) is 2.28. The first kappa shape index (κ1) is 15.2. The molecule has 0 saturated carbocycles. The van der Waals surface area contributed by atoms with Crippen molar-refractivity contribution in [2.45, 2.75) is 32.7 Å². The molecular weight excluding hydrogens is 337 g/mol. The SMILES string of the molecule is C=CCC(=O)N(CCCC)Cc1ccccc1I. The quantitative estimate of drug-likeness (QED) is 0.534. The molecule has 0 bridgehead atoms. The number of amides is 1. The molecule has 0 spiro atoms. The van der Waals surface area contributed by atoms with Crippen molar-refractivity contribution in [3.8, 4) is 0 Å². The number of carbonyl (C=O) groups is 1. The maximum absolute atomic E-state index is 12.0. The van der Waals surface area contributed by atoms with Crippen molar-refractivity contribution in [1.82, 2.24) is 4.90 Å². The van der Waals surface area contributed by atoms with Crippen molar-refractivity contribution < 1.29 is 4.79 Å². The zero-order chi connectivity index (χ0) is 13.4. The molecule has 0 unspecified atom stereocenters. The molecule has 1 aromatic carbocycles. The highest BCUT2D eigenvalue weighted by Gasteiger charge is 2.13. The van der Waals surface area contributed by atoms with E-state index < -0.39 is 0 Å². The first-order valence-electron chi connectivity index (χ1n) is 6.31. The third kappa shape index (κ3) is 4.80. The normalized spacial score (nSPS) is 10.1. The van der Waals surface area contributed by atoms with Gasteiger partial charge >= 0.3 is 0 Å². The molecule has 0 fully saturated rings. The highest BCUT2D eigenvalue weighted by molar-refractivity contribution is 14.1. The first-order valence-corrected chi connectivity index (χ1v) is 7.39. The van der Waals surface area contributed by atoms with Gasteiger partial charge in [-0.05, 0) is 40.6 Å². The van der Waals surface area contributed by atoms with E-state index >= 15 is 0 Å². The van der Waals surface area contributed by atoms with E-state index in [4.69, 9.17) is 0 Å². The van der Waals surface area contributed by atoms with Crippen LogP contribution in [0.4, 0.5) is 0 Å². The van der Waals surface area contributed by atoms with Crippen molar-refractivity contribution in [2.75, 3.05) is 6.54 Å². The number of hydrogen-bond acceptors (Lipinski definition) is 1. The second-order valence-electron chi connectivity index (χ2n) is 4.25. The van der Waals surface area contributed by atoms with Crippen LogP contribution in [0.2, 0.25) is 0 Å². The number of rotatable bonds is 7. The molecule has 3 heteroatoms. The summed E-state index contributed by atoms with van der Waals surface area (Å²) in [6, 6.07) is 8.20. The summed E-state index contributed by atoms with van der Waals surface area (Å²) in [5, 5.41) is 0. The van der Waals surface area contributed by atoms with Crippen LogP contribution in [0.5, 0.6) is 0 Å². The summed E-state index contributed by atoms with van der Waals surface area (Å²) >= 11 is 2.32. The van der Waals surface area contributed by atoms with Gasteiger partial charge in [-0.15, -0.1) is 6.58 Å². The summed E-state index contributed by atoms with van der Waals surface area (Å²) in [6.45, 7) is 7.31. The summed E-state index contributed by atoms with van der Waals surface area (Å²) < 4.78 is 1.21. The van der Waals surface area contributed by atoms with Crippen molar-refractivity contribution in [2.24, 2.45) is 0 Å². The summed E-state index contributed by atoms with van der Waals surface area (Å²) in [4.78, 5) is 14.0. The maximum atomic E-state index is 12.0. The van der Waals surface area contributed by atoms with Crippen LogP contribution in [-0.4, -0.2) is 17.4 Å². The smallest absolute Gasteiger partial charge is 0.226 e. The Hall–Kier alpha value is -0.840. The van der Waals surface area contributed by atoms with Gasteiger partial charge in [-0.2, -0.15) is 0 Å². The molecule has 1 rings (SSSR count). The van der Waals surface area contributed by atoms with Crippen LogP contribution in [0.25, 0.3) is 0 Å². The Bertz CT molecular complexity index is 403. The standard InChI is InChI=1S/C15H20INO/c1-3-5-11-17(15(18)8-4-2)12-13-9-6-7-10-14(13)16/h4,6-7,9-10H,2-3,5,8,11-12H2,1H3. The Kier molecular flexibility index (Phi) is 7.01. The Morgan fingerprint density at radius 3 is 2.78 bits per heavy atom. The van der Waals surface area contributed by atoms with E-state index in [9.17, 15) is 4.79 Å². The summed E-state index contributed by atoms with van der Waals surface area (Å²) in [7, 11) is 0. The Morgan fingerprint density at radius 1 is 1.44 bits per heavy atom. The van der Waals surface area contributed by atoms with Gasteiger partial charge in [0, 0.05) is 23.1 Å². The molecule has 98 valence electrons. The van der Waals surface area contributed by atoms with E-state index in [-0.39, 0.29) is 5.91 Å². The van der Waals surface area contributed by atoms with Gasteiger partial charge in [0.15, 0.2) is 0 Å². The molecule has 2 nitrogen and oxygen atoms in total. The maximum Gasteiger partial charge on any atom is 0.226 e. The van der Waals surface area contributed by atoms with Crippen LogP contribution in [0.15, 0.2) is 36.9 Å². The molecule has 0 N–H and O–H groups in total. The van der Waals surface area contributed by atoms with Crippen molar-refractivity contribution in [1.29, 1.82) is 0 Å². The molecular formula is C15H20INO. The fourth-order valence-electron chi connectivity index (χ4n) is 1.73. The van der Waals surface area contributed by atoms with E-state index in [1.807, 2.05) is 17.0 Å². The van der Waals surface area contributed by atoms with Crippen LogP contribution >= 0.6 is 22.6 Å². The van der Waals surface area contributed by atoms with Crippen LogP contribution < -0.4 is 0 Å². The monoisotopic (exact) mass is 357 g/mol. The van der Waals surface area contributed by atoms with Crippen molar-refractivity contribution >= 4 is 28.5 Å². The lowest BCUT2D eigenvalue weighted by Crippen LogP contribution is -2.31. The molecule has 0 aliphatic rings. The zero-order valence-corrected chi connectivity index (χ0v) is 13.0. The van der Waals surface area contributed by atoms with Crippen molar-refractivity contribution in [3.63, 3.8) is 0 Å². The van der Waals surface area contributed by atoms with Gasteiger partial charge < -0.3 is 4.90 Å². The molecule has 18 heavy (non-hydrogen) atoms. The summed E-state index contributed by atoms with van der Waals surface area (Å²) in [6.07, 6.45) is 4.25. The van der Waals surface area contributed by atoms with Gasteiger partial charge in [0.25, 0.3) is 0 Å². The lowest BCUT2D eigenvalue weighted by Gasteiger charge is -2.22. The molecule has 1 amide bonds. The Morgan fingerprint density at radius 2 is 2.17 bits per heavy atom. The van der Waals surface area contributed by atoms with Crippen molar-refractivity contribution in [3.05, 3.63) is 46.1 Å². The van der Waals surface area contributed by atoms with Gasteiger partial charge in [0.2, 0.25) is 5.91 Å². The predicted molar refractivity (Wildman–Crippen MR) is 84.3 cm³/mol. The average molecular weight is 357 g/mol. The molecule has 0 saturated heterocycles. The van der Waals surface area contributed by atoms with E-state index in [2.05, 4.69) is 48.2 Å². The van der Waals surface area contributed by atoms with Crippen LogP contribution in [0, 0.1) is 3.57 Å².